The molecule has 1 amide bonds. The maximum absolute atomic E-state index is 12.7. The number of carbonyl (C=O) groups excluding carboxylic acids is 1. The lowest BCUT2D eigenvalue weighted by Crippen LogP contribution is -2.50. The minimum atomic E-state index is -3.84. The molecule has 0 heterocycles. The quantitative estimate of drug-likeness (QED) is 0.754. The highest BCUT2D eigenvalue weighted by molar-refractivity contribution is 7.89. The number of hydrogen-bond acceptors (Lipinski definition) is 3. The van der Waals surface area contributed by atoms with Crippen molar-refractivity contribution in [2.24, 2.45) is 5.92 Å². The molecular formula is C19H23ClN2O3S. The Morgan fingerprint density at radius 1 is 0.962 bits per heavy atom. The minimum absolute atomic E-state index is 0.0662. The minimum Gasteiger partial charge on any atom is -0.348 e. The Labute approximate surface area is 159 Å². The van der Waals surface area contributed by atoms with Crippen LogP contribution in [-0.4, -0.2) is 20.4 Å². The predicted molar refractivity (Wildman–Crippen MR) is 103 cm³/mol. The normalized spacial score (nSPS) is 14.0. The van der Waals surface area contributed by atoms with Crippen LogP contribution in [0.15, 0.2) is 59.5 Å². The molecule has 2 aromatic rings. The van der Waals surface area contributed by atoms with Gasteiger partial charge in [-0.1, -0.05) is 55.8 Å². The Kier molecular flexibility index (Phi) is 6.81. The Bertz CT molecular complexity index is 837. The van der Waals surface area contributed by atoms with Gasteiger partial charge in [-0.25, -0.2) is 8.42 Å². The number of rotatable bonds is 7. The van der Waals surface area contributed by atoms with Crippen molar-refractivity contribution in [3.63, 3.8) is 0 Å². The largest absolute Gasteiger partial charge is 0.348 e. The summed E-state index contributed by atoms with van der Waals surface area (Å²) in [4.78, 5) is 12.7. The van der Waals surface area contributed by atoms with Gasteiger partial charge in [0.1, 0.15) is 6.04 Å². The van der Waals surface area contributed by atoms with Gasteiger partial charge in [0.25, 0.3) is 0 Å². The van der Waals surface area contributed by atoms with Crippen LogP contribution in [0.2, 0.25) is 5.02 Å². The van der Waals surface area contributed by atoms with E-state index < -0.39 is 16.1 Å². The second kappa shape index (κ2) is 8.66. The standard InChI is InChI=1S/C19H23ClN2O3S/c1-13(2)18(19(23)21-14(3)15-7-5-4-6-8-15)22-26(24,25)17-11-9-16(20)10-12-17/h4-14,18,22H,1-3H3,(H,21,23)/t14-,18-/m1/s1. The molecule has 26 heavy (non-hydrogen) atoms. The van der Waals surface area contributed by atoms with Crippen LogP contribution in [-0.2, 0) is 14.8 Å². The van der Waals surface area contributed by atoms with Gasteiger partial charge >= 0.3 is 0 Å². The van der Waals surface area contributed by atoms with E-state index >= 15 is 0 Å². The first-order valence-electron chi connectivity index (χ1n) is 8.34. The van der Waals surface area contributed by atoms with E-state index in [1.807, 2.05) is 37.3 Å². The molecule has 0 aliphatic carbocycles. The van der Waals surface area contributed by atoms with Crippen LogP contribution in [0.25, 0.3) is 0 Å². The Morgan fingerprint density at radius 3 is 2.08 bits per heavy atom. The smallest absolute Gasteiger partial charge is 0.241 e. The summed E-state index contributed by atoms with van der Waals surface area (Å²) in [6, 6.07) is 14.2. The average molecular weight is 395 g/mol. The van der Waals surface area contributed by atoms with Gasteiger partial charge in [0, 0.05) is 5.02 Å². The van der Waals surface area contributed by atoms with Gasteiger partial charge in [0.15, 0.2) is 0 Å². The van der Waals surface area contributed by atoms with E-state index in [1.165, 1.54) is 24.3 Å². The van der Waals surface area contributed by atoms with Crippen LogP contribution in [0, 0.1) is 5.92 Å². The molecule has 0 unspecified atom stereocenters. The fraction of sp³-hybridized carbons (Fsp3) is 0.316. The molecule has 0 aromatic heterocycles. The van der Waals surface area contributed by atoms with Gasteiger partial charge in [-0.2, -0.15) is 4.72 Å². The molecule has 0 spiro atoms. The number of carbonyl (C=O) groups is 1. The van der Waals surface area contributed by atoms with Crippen molar-refractivity contribution >= 4 is 27.5 Å². The van der Waals surface area contributed by atoms with Crippen LogP contribution in [0.5, 0.6) is 0 Å². The first-order chi connectivity index (χ1) is 12.2. The summed E-state index contributed by atoms with van der Waals surface area (Å²) >= 11 is 5.80. The highest BCUT2D eigenvalue weighted by Crippen LogP contribution is 2.17. The monoisotopic (exact) mass is 394 g/mol. The van der Waals surface area contributed by atoms with Crippen molar-refractivity contribution in [3.8, 4) is 0 Å². The van der Waals surface area contributed by atoms with Crippen LogP contribution in [0.3, 0.4) is 0 Å². The molecule has 2 atom stereocenters. The molecule has 7 heteroatoms. The molecule has 2 rings (SSSR count). The summed E-state index contributed by atoms with van der Waals surface area (Å²) < 4.78 is 27.7. The van der Waals surface area contributed by atoms with Gasteiger partial charge in [0.2, 0.25) is 15.9 Å². The van der Waals surface area contributed by atoms with E-state index in [9.17, 15) is 13.2 Å². The third kappa shape index (κ3) is 5.30. The Morgan fingerprint density at radius 2 is 1.54 bits per heavy atom. The van der Waals surface area contributed by atoms with E-state index in [1.54, 1.807) is 13.8 Å². The maximum atomic E-state index is 12.7. The van der Waals surface area contributed by atoms with Gasteiger partial charge in [-0.05, 0) is 42.7 Å². The van der Waals surface area contributed by atoms with Gasteiger partial charge in [0.05, 0.1) is 10.9 Å². The lowest BCUT2D eigenvalue weighted by Gasteiger charge is -2.24. The molecule has 0 aliphatic rings. The van der Waals surface area contributed by atoms with Crippen LogP contribution in [0.4, 0.5) is 0 Å². The number of halogens is 1. The molecule has 0 saturated heterocycles. The number of nitrogens with one attached hydrogen (secondary N) is 2. The second-order valence-electron chi connectivity index (χ2n) is 6.44. The van der Waals surface area contributed by atoms with Gasteiger partial charge < -0.3 is 5.32 Å². The first kappa shape index (κ1) is 20.4. The highest BCUT2D eigenvalue weighted by Gasteiger charge is 2.29. The molecule has 140 valence electrons. The fourth-order valence-electron chi connectivity index (χ4n) is 2.47. The van der Waals surface area contributed by atoms with Crippen LogP contribution >= 0.6 is 11.6 Å². The molecule has 5 nitrogen and oxygen atoms in total. The molecule has 2 N–H and O–H groups in total. The van der Waals surface area contributed by atoms with E-state index in [4.69, 9.17) is 11.6 Å². The van der Waals surface area contributed by atoms with Crippen molar-refractivity contribution in [1.82, 2.24) is 10.0 Å². The van der Waals surface area contributed by atoms with E-state index in [0.29, 0.717) is 5.02 Å². The molecule has 0 radical (unpaired) electrons. The van der Waals surface area contributed by atoms with E-state index in [-0.39, 0.29) is 22.8 Å². The van der Waals surface area contributed by atoms with Gasteiger partial charge in [-0.3, -0.25) is 4.79 Å². The number of benzene rings is 2. The zero-order valence-electron chi connectivity index (χ0n) is 14.9. The topological polar surface area (TPSA) is 75.3 Å². The molecule has 0 aliphatic heterocycles. The highest BCUT2D eigenvalue weighted by atomic mass is 35.5. The summed E-state index contributed by atoms with van der Waals surface area (Å²) in [6.07, 6.45) is 0. The molecule has 0 bridgehead atoms. The van der Waals surface area contributed by atoms with E-state index in [0.717, 1.165) is 5.56 Å². The van der Waals surface area contributed by atoms with Crippen molar-refractivity contribution in [3.05, 3.63) is 65.2 Å². The van der Waals surface area contributed by atoms with Crippen LogP contribution in [0.1, 0.15) is 32.4 Å². The lowest BCUT2D eigenvalue weighted by molar-refractivity contribution is -0.124. The number of sulfonamides is 1. The molecule has 0 saturated carbocycles. The molecular weight excluding hydrogens is 372 g/mol. The number of amides is 1. The van der Waals surface area contributed by atoms with Crippen molar-refractivity contribution in [2.45, 2.75) is 37.8 Å². The summed E-state index contributed by atoms with van der Waals surface area (Å²) in [6.45, 7) is 5.45. The number of hydrogen-bond donors (Lipinski definition) is 2. The SMILES string of the molecule is CC(C)[C@@H](NS(=O)(=O)c1ccc(Cl)cc1)C(=O)N[C@H](C)c1ccccc1. The summed E-state index contributed by atoms with van der Waals surface area (Å²) in [7, 11) is -3.84. The fourth-order valence-corrected chi connectivity index (χ4v) is 3.94. The van der Waals surface area contributed by atoms with Crippen molar-refractivity contribution in [1.29, 1.82) is 0 Å². The lowest BCUT2D eigenvalue weighted by atomic mass is 10.0. The maximum Gasteiger partial charge on any atom is 0.241 e. The third-order valence-electron chi connectivity index (χ3n) is 4.01. The molecule has 0 fully saturated rings. The van der Waals surface area contributed by atoms with Crippen molar-refractivity contribution in [2.75, 3.05) is 0 Å². The molecule has 2 aromatic carbocycles. The second-order valence-corrected chi connectivity index (χ2v) is 8.59. The van der Waals surface area contributed by atoms with Gasteiger partial charge in [-0.15, -0.1) is 0 Å². The average Bonchev–Trinajstić information content (AvgIpc) is 2.60. The zero-order valence-corrected chi connectivity index (χ0v) is 16.5. The predicted octanol–water partition coefficient (Wildman–Crippen LogP) is 3.52. The van der Waals surface area contributed by atoms with E-state index in [2.05, 4.69) is 10.0 Å². The zero-order chi connectivity index (χ0) is 19.3. The van der Waals surface area contributed by atoms with Crippen LogP contribution < -0.4 is 10.0 Å². The Hall–Kier alpha value is -1.89. The summed E-state index contributed by atoms with van der Waals surface area (Å²) in [5.41, 5.74) is 0.948. The first-order valence-corrected chi connectivity index (χ1v) is 10.2. The third-order valence-corrected chi connectivity index (χ3v) is 5.72. The summed E-state index contributed by atoms with van der Waals surface area (Å²) in [5.74, 6) is -0.589. The van der Waals surface area contributed by atoms with Crippen molar-refractivity contribution < 1.29 is 13.2 Å². The summed E-state index contributed by atoms with van der Waals surface area (Å²) in [5, 5.41) is 3.32. The Balaban J connectivity index is 2.15.